The van der Waals surface area contributed by atoms with E-state index in [4.69, 9.17) is 0 Å². The second kappa shape index (κ2) is 8.50. The van der Waals surface area contributed by atoms with Crippen molar-refractivity contribution in [1.29, 1.82) is 0 Å². The van der Waals surface area contributed by atoms with Crippen LogP contribution < -0.4 is 10.2 Å². The molecule has 5 nitrogen and oxygen atoms in total. The van der Waals surface area contributed by atoms with Gasteiger partial charge in [-0.1, -0.05) is 51.1 Å². The Balaban J connectivity index is 1.55. The van der Waals surface area contributed by atoms with Gasteiger partial charge in [0.25, 0.3) is 5.91 Å². The van der Waals surface area contributed by atoms with Crippen LogP contribution in [0.25, 0.3) is 0 Å². The zero-order chi connectivity index (χ0) is 22.1. The maximum Gasteiger partial charge on any atom is 0.255 e. The van der Waals surface area contributed by atoms with Crippen molar-refractivity contribution < 1.29 is 14.4 Å². The molecule has 2 aromatic carbocycles. The Kier molecular flexibility index (Phi) is 5.77. The SMILES string of the molecule is CCc1cccc(CC)c1NC(=O)c1ccc(N2C(=O)[C@H]3[C@H](C)C=CC[C@@H]3C2=O)cc1. The highest BCUT2D eigenvalue weighted by Gasteiger charge is 2.50. The highest BCUT2D eigenvalue weighted by Crippen LogP contribution is 2.40. The number of fused-ring (bicyclic) bond motifs is 1. The lowest BCUT2D eigenvalue weighted by atomic mass is 9.78. The van der Waals surface area contributed by atoms with Crippen LogP contribution in [0.15, 0.2) is 54.6 Å². The van der Waals surface area contributed by atoms with E-state index in [2.05, 4.69) is 19.2 Å². The minimum Gasteiger partial charge on any atom is -0.321 e. The lowest BCUT2D eigenvalue weighted by Crippen LogP contribution is -2.31. The van der Waals surface area contributed by atoms with E-state index in [0.717, 1.165) is 29.7 Å². The molecule has 1 aliphatic carbocycles. The van der Waals surface area contributed by atoms with Gasteiger partial charge in [-0.25, -0.2) is 0 Å². The average Bonchev–Trinajstić information content (AvgIpc) is 3.05. The predicted molar refractivity (Wildman–Crippen MR) is 122 cm³/mol. The van der Waals surface area contributed by atoms with Crippen LogP contribution >= 0.6 is 0 Å². The van der Waals surface area contributed by atoms with Crippen LogP contribution in [-0.4, -0.2) is 17.7 Å². The number of hydrogen-bond donors (Lipinski definition) is 1. The second-order valence-corrected chi connectivity index (χ2v) is 8.33. The van der Waals surface area contributed by atoms with Gasteiger partial charge in [-0.3, -0.25) is 19.3 Å². The van der Waals surface area contributed by atoms with E-state index in [-0.39, 0.29) is 35.5 Å². The number of imide groups is 1. The number of allylic oxidation sites excluding steroid dienone is 2. The summed E-state index contributed by atoms with van der Waals surface area (Å²) < 4.78 is 0. The molecule has 4 rings (SSSR count). The van der Waals surface area contributed by atoms with Gasteiger partial charge < -0.3 is 5.32 Å². The highest BCUT2D eigenvalue weighted by molar-refractivity contribution is 6.22. The number of nitrogens with zero attached hydrogens (tertiary/aromatic N) is 1. The number of carbonyl (C=O) groups is 3. The van der Waals surface area contributed by atoms with Gasteiger partial charge in [-0.05, 0) is 60.6 Å². The van der Waals surface area contributed by atoms with Crippen LogP contribution in [0, 0.1) is 17.8 Å². The van der Waals surface area contributed by atoms with E-state index in [0.29, 0.717) is 17.7 Å². The van der Waals surface area contributed by atoms with Gasteiger partial charge in [0.15, 0.2) is 0 Å². The molecule has 0 unspecified atom stereocenters. The number of para-hydroxylation sites is 1. The number of carbonyl (C=O) groups excluding carboxylic acids is 3. The minimum atomic E-state index is -0.293. The third-order valence-electron chi connectivity index (χ3n) is 6.50. The molecule has 5 heteroatoms. The number of hydrogen-bond acceptors (Lipinski definition) is 3. The Hall–Kier alpha value is -3.21. The molecule has 3 atom stereocenters. The molecule has 2 aliphatic rings. The molecule has 0 aromatic heterocycles. The van der Waals surface area contributed by atoms with Crippen LogP contribution in [0.1, 0.15) is 48.7 Å². The molecule has 31 heavy (non-hydrogen) atoms. The Labute approximate surface area is 183 Å². The summed E-state index contributed by atoms with van der Waals surface area (Å²) >= 11 is 0. The molecular weight excluding hydrogens is 388 g/mol. The first-order valence-electron chi connectivity index (χ1n) is 11.0. The smallest absolute Gasteiger partial charge is 0.255 e. The minimum absolute atomic E-state index is 0.0525. The summed E-state index contributed by atoms with van der Waals surface area (Å²) in [6.45, 7) is 6.11. The molecule has 0 radical (unpaired) electrons. The van der Waals surface area contributed by atoms with Gasteiger partial charge in [0.2, 0.25) is 11.8 Å². The summed E-state index contributed by atoms with van der Waals surface area (Å²) in [5.74, 6) is -1.02. The van der Waals surface area contributed by atoms with Crippen LogP contribution in [0.3, 0.4) is 0 Å². The van der Waals surface area contributed by atoms with E-state index >= 15 is 0 Å². The van der Waals surface area contributed by atoms with Gasteiger partial charge in [0.1, 0.15) is 0 Å². The first kappa shape index (κ1) is 21.0. The van der Waals surface area contributed by atoms with E-state index in [9.17, 15) is 14.4 Å². The van der Waals surface area contributed by atoms with E-state index in [1.165, 1.54) is 4.90 Å². The van der Waals surface area contributed by atoms with Crippen molar-refractivity contribution >= 4 is 29.1 Å². The van der Waals surface area contributed by atoms with E-state index in [1.807, 2.05) is 37.3 Å². The van der Waals surface area contributed by atoms with Crippen molar-refractivity contribution in [3.05, 3.63) is 71.3 Å². The molecule has 3 amide bonds. The standard InChI is InChI=1S/C26H28N2O3/c1-4-17-9-7-10-18(5-2)23(17)27-24(29)19-12-14-20(15-13-19)28-25(30)21-11-6-8-16(3)22(21)26(28)31/h6-10,12-16,21-22H,4-5,11H2,1-3H3,(H,27,29)/t16-,21+,22+/m1/s1. The van der Waals surface area contributed by atoms with Crippen molar-refractivity contribution in [1.82, 2.24) is 0 Å². The summed E-state index contributed by atoms with van der Waals surface area (Å²) in [6, 6.07) is 12.8. The summed E-state index contributed by atoms with van der Waals surface area (Å²) in [4.78, 5) is 40.0. The lowest BCUT2D eigenvalue weighted by Gasteiger charge is -2.22. The quantitative estimate of drug-likeness (QED) is 0.564. The third-order valence-corrected chi connectivity index (χ3v) is 6.50. The summed E-state index contributed by atoms with van der Waals surface area (Å²) in [5, 5.41) is 3.06. The molecule has 1 aliphatic heterocycles. The first-order valence-corrected chi connectivity index (χ1v) is 11.0. The fraction of sp³-hybridized carbons (Fsp3) is 0.346. The van der Waals surface area contributed by atoms with E-state index < -0.39 is 0 Å². The molecule has 160 valence electrons. The average molecular weight is 417 g/mol. The Morgan fingerprint density at radius 1 is 1.00 bits per heavy atom. The number of benzene rings is 2. The van der Waals surface area contributed by atoms with Crippen molar-refractivity contribution in [2.75, 3.05) is 10.2 Å². The maximum absolute atomic E-state index is 13.0. The molecule has 1 N–H and O–H groups in total. The van der Waals surface area contributed by atoms with Crippen molar-refractivity contribution in [3.8, 4) is 0 Å². The third kappa shape index (κ3) is 3.69. The van der Waals surface area contributed by atoms with Crippen molar-refractivity contribution in [2.45, 2.75) is 40.0 Å². The summed E-state index contributed by atoms with van der Waals surface area (Å²) in [7, 11) is 0. The van der Waals surface area contributed by atoms with Gasteiger partial charge in [0, 0.05) is 11.3 Å². The largest absolute Gasteiger partial charge is 0.321 e. The Morgan fingerprint density at radius 2 is 1.65 bits per heavy atom. The molecule has 1 fully saturated rings. The number of anilines is 2. The molecular formula is C26H28N2O3. The first-order chi connectivity index (χ1) is 15.0. The topological polar surface area (TPSA) is 66.5 Å². The number of rotatable bonds is 5. The zero-order valence-electron chi connectivity index (χ0n) is 18.2. The van der Waals surface area contributed by atoms with Gasteiger partial charge in [0.05, 0.1) is 17.5 Å². The van der Waals surface area contributed by atoms with Crippen molar-refractivity contribution in [2.24, 2.45) is 17.8 Å². The van der Waals surface area contributed by atoms with Crippen molar-refractivity contribution in [3.63, 3.8) is 0 Å². The highest BCUT2D eigenvalue weighted by atomic mass is 16.2. The monoisotopic (exact) mass is 416 g/mol. The number of nitrogens with one attached hydrogen (secondary N) is 1. The summed E-state index contributed by atoms with van der Waals surface area (Å²) in [5.41, 5.74) is 4.09. The van der Waals surface area contributed by atoms with Gasteiger partial charge in [-0.2, -0.15) is 0 Å². The van der Waals surface area contributed by atoms with Gasteiger partial charge in [-0.15, -0.1) is 0 Å². The molecule has 0 spiro atoms. The predicted octanol–water partition coefficient (Wildman–Crippen LogP) is 4.77. The Morgan fingerprint density at radius 3 is 2.23 bits per heavy atom. The molecule has 0 saturated carbocycles. The molecule has 1 saturated heterocycles. The molecule has 0 bridgehead atoms. The fourth-order valence-electron chi connectivity index (χ4n) is 4.75. The fourth-order valence-corrected chi connectivity index (χ4v) is 4.75. The van der Waals surface area contributed by atoms with Crippen LogP contribution in [0.4, 0.5) is 11.4 Å². The second-order valence-electron chi connectivity index (χ2n) is 8.33. The normalized spacial score (nSPS) is 22.5. The van der Waals surface area contributed by atoms with Gasteiger partial charge >= 0.3 is 0 Å². The van der Waals surface area contributed by atoms with Crippen LogP contribution in [0.5, 0.6) is 0 Å². The maximum atomic E-state index is 13.0. The lowest BCUT2D eigenvalue weighted by molar-refractivity contribution is -0.122. The number of aryl methyl sites for hydroxylation is 2. The number of amides is 3. The molecule has 1 heterocycles. The van der Waals surface area contributed by atoms with Crippen LogP contribution in [0.2, 0.25) is 0 Å². The summed E-state index contributed by atoms with van der Waals surface area (Å²) in [6.07, 6.45) is 6.27. The molecule has 2 aromatic rings. The zero-order valence-corrected chi connectivity index (χ0v) is 18.2. The van der Waals surface area contributed by atoms with E-state index in [1.54, 1.807) is 24.3 Å². The van der Waals surface area contributed by atoms with Crippen LogP contribution in [-0.2, 0) is 22.4 Å². The Bertz CT molecular complexity index is 1030.